The highest BCUT2D eigenvalue weighted by Gasteiger charge is 2.13. The first-order valence-corrected chi connectivity index (χ1v) is 6.93. The zero-order valence-corrected chi connectivity index (χ0v) is 13.1. The van der Waals surface area contributed by atoms with E-state index in [0.717, 1.165) is 12.1 Å². The number of hydrogen-bond acceptors (Lipinski definition) is 5. The first-order valence-electron chi connectivity index (χ1n) is 6.93. The van der Waals surface area contributed by atoms with E-state index in [9.17, 15) is 4.79 Å². The van der Waals surface area contributed by atoms with E-state index in [0.29, 0.717) is 25.1 Å². The summed E-state index contributed by atoms with van der Waals surface area (Å²) in [6.45, 7) is 7.93. The lowest BCUT2D eigenvalue weighted by atomic mass is 10.3. The largest absolute Gasteiger partial charge is 0.347 e. The normalized spacial score (nSPS) is 10.7. The lowest BCUT2D eigenvalue weighted by Crippen LogP contribution is -2.37. The Morgan fingerprint density at radius 3 is 2.35 bits per heavy atom. The van der Waals surface area contributed by atoms with Gasteiger partial charge in [0.2, 0.25) is 11.9 Å². The molecule has 0 saturated carbocycles. The minimum atomic E-state index is 0.0426. The van der Waals surface area contributed by atoms with E-state index in [1.807, 2.05) is 11.8 Å². The van der Waals surface area contributed by atoms with Crippen molar-refractivity contribution in [2.24, 2.45) is 0 Å². The summed E-state index contributed by atoms with van der Waals surface area (Å²) in [5, 5.41) is 3.32. The number of hydrogen-bond donors (Lipinski definition) is 1. The number of carbonyl (C=O) groups excluding carboxylic acids is 1. The topological polar surface area (TPSA) is 61.4 Å². The number of nitrogens with zero attached hydrogens (tertiary/aromatic N) is 4. The Morgan fingerprint density at radius 2 is 1.90 bits per heavy atom. The lowest BCUT2D eigenvalue weighted by molar-refractivity contribution is -0.127. The van der Waals surface area contributed by atoms with E-state index in [-0.39, 0.29) is 5.91 Å². The van der Waals surface area contributed by atoms with Gasteiger partial charge in [0.25, 0.3) is 0 Å². The van der Waals surface area contributed by atoms with Crippen LogP contribution in [0.3, 0.4) is 0 Å². The van der Waals surface area contributed by atoms with Gasteiger partial charge in [-0.05, 0) is 6.92 Å². The van der Waals surface area contributed by atoms with E-state index in [1.54, 1.807) is 31.4 Å². The third-order valence-electron chi connectivity index (χ3n) is 2.90. The minimum absolute atomic E-state index is 0.0426. The molecule has 0 aliphatic carbocycles. The molecule has 112 valence electrons. The van der Waals surface area contributed by atoms with Crippen LogP contribution in [-0.4, -0.2) is 54.0 Å². The summed E-state index contributed by atoms with van der Waals surface area (Å²) in [5.41, 5.74) is 1.04. The molecule has 6 heteroatoms. The van der Waals surface area contributed by atoms with Crippen molar-refractivity contribution in [1.82, 2.24) is 20.2 Å². The molecule has 0 aliphatic rings. The van der Waals surface area contributed by atoms with E-state index in [1.165, 1.54) is 0 Å². The van der Waals surface area contributed by atoms with Gasteiger partial charge in [-0.25, -0.2) is 9.97 Å². The maximum Gasteiger partial charge on any atom is 0.241 e. The zero-order chi connectivity index (χ0) is 15.1. The van der Waals surface area contributed by atoms with Crippen molar-refractivity contribution in [1.29, 1.82) is 0 Å². The van der Waals surface area contributed by atoms with Crippen molar-refractivity contribution in [2.75, 3.05) is 32.1 Å². The summed E-state index contributed by atoms with van der Waals surface area (Å²) in [5.74, 6) is 0.636. The first kappa shape index (κ1) is 16.4. The molecule has 1 N–H and O–H groups in total. The average molecular weight is 279 g/mol. The van der Waals surface area contributed by atoms with Crippen LogP contribution < -0.4 is 10.2 Å². The average Bonchev–Trinajstić information content (AvgIpc) is 2.42. The Kier molecular flexibility index (Phi) is 6.38. The Bertz CT molecular complexity index is 416. The second kappa shape index (κ2) is 7.79. The van der Waals surface area contributed by atoms with Crippen LogP contribution in [0, 0.1) is 0 Å². The van der Waals surface area contributed by atoms with Gasteiger partial charge in [0.15, 0.2) is 0 Å². The summed E-state index contributed by atoms with van der Waals surface area (Å²) in [6, 6.07) is 0.430. The smallest absolute Gasteiger partial charge is 0.241 e. The molecule has 0 saturated heterocycles. The molecule has 0 atom stereocenters. The second-order valence-corrected chi connectivity index (χ2v) is 5.23. The monoisotopic (exact) mass is 279 g/mol. The van der Waals surface area contributed by atoms with Crippen LogP contribution >= 0.6 is 0 Å². The molecule has 0 aromatic carbocycles. The number of amides is 1. The van der Waals surface area contributed by atoms with Crippen LogP contribution in [0.1, 0.15) is 26.3 Å². The molecule has 1 aromatic heterocycles. The summed E-state index contributed by atoms with van der Waals surface area (Å²) in [4.78, 5) is 23.9. The summed E-state index contributed by atoms with van der Waals surface area (Å²) >= 11 is 0. The maximum absolute atomic E-state index is 11.7. The van der Waals surface area contributed by atoms with E-state index in [4.69, 9.17) is 0 Å². The van der Waals surface area contributed by atoms with Crippen LogP contribution in [0.5, 0.6) is 0 Å². The number of nitrogens with one attached hydrogen (secondary N) is 1. The van der Waals surface area contributed by atoms with Gasteiger partial charge >= 0.3 is 0 Å². The summed E-state index contributed by atoms with van der Waals surface area (Å²) < 4.78 is 0. The van der Waals surface area contributed by atoms with Gasteiger partial charge < -0.3 is 15.1 Å². The van der Waals surface area contributed by atoms with Crippen molar-refractivity contribution in [3.63, 3.8) is 0 Å². The van der Waals surface area contributed by atoms with Gasteiger partial charge in [0.05, 0.1) is 6.54 Å². The molecule has 1 heterocycles. The minimum Gasteiger partial charge on any atom is -0.347 e. The highest BCUT2D eigenvalue weighted by atomic mass is 16.2. The van der Waals surface area contributed by atoms with E-state index < -0.39 is 0 Å². The Hall–Kier alpha value is -1.69. The fraction of sp³-hybridized carbons (Fsp3) is 0.643. The summed E-state index contributed by atoms with van der Waals surface area (Å²) in [6.07, 6.45) is 3.61. The quantitative estimate of drug-likeness (QED) is 0.803. The molecule has 1 aromatic rings. The van der Waals surface area contributed by atoms with Gasteiger partial charge in [-0.1, -0.05) is 13.8 Å². The predicted octanol–water partition coefficient (Wildman–Crippen LogP) is 0.889. The Labute approximate surface area is 121 Å². The molecule has 1 rings (SSSR count). The molecule has 0 aliphatic heterocycles. The fourth-order valence-electron chi connectivity index (χ4n) is 1.55. The van der Waals surface area contributed by atoms with Crippen molar-refractivity contribution < 1.29 is 4.79 Å². The standard InChI is InChI=1S/C14H25N5O/c1-6-19(10-13(20)18(4)5)14-16-8-12(9-17-14)7-15-11(2)3/h8-9,11,15H,6-7,10H2,1-5H3. The van der Waals surface area contributed by atoms with Crippen LogP contribution in [0.2, 0.25) is 0 Å². The predicted molar refractivity (Wildman–Crippen MR) is 80.6 cm³/mol. The maximum atomic E-state index is 11.7. The van der Waals surface area contributed by atoms with Crippen LogP contribution in [-0.2, 0) is 11.3 Å². The molecular weight excluding hydrogens is 254 g/mol. The molecule has 20 heavy (non-hydrogen) atoms. The zero-order valence-electron chi connectivity index (χ0n) is 13.1. The number of rotatable bonds is 7. The number of aromatic nitrogens is 2. The molecule has 1 amide bonds. The highest BCUT2D eigenvalue weighted by molar-refractivity contribution is 5.80. The second-order valence-electron chi connectivity index (χ2n) is 5.23. The number of carbonyl (C=O) groups is 1. The van der Waals surface area contributed by atoms with Crippen molar-refractivity contribution in [3.8, 4) is 0 Å². The molecule has 0 radical (unpaired) electrons. The molecule has 0 spiro atoms. The van der Waals surface area contributed by atoms with Gasteiger partial charge in [-0.15, -0.1) is 0 Å². The van der Waals surface area contributed by atoms with Gasteiger partial charge in [0, 0.05) is 51.2 Å². The molecule has 0 fully saturated rings. The molecule has 0 bridgehead atoms. The van der Waals surface area contributed by atoms with Gasteiger partial charge in [-0.3, -0.25) is 4.79 Å². The van der Waals surface area contributed by atoms with Crippen LogP contribution in [0.25, 0.3) is 0 Å². The van der Waals surface area contributed by atoms with Gasteiger partial charge in [-0.2, -0.15) is 0 Å². The third-order valence-corrected chi connectivity index (χ3v) is 2.90. The van der Waals surface area contributed by atoms with Gasteiger partial charge in [0.1, 0.15) is 0 Å². The first-order chi connectivity index (χ1) is 9.43. The Morgan fingerprint density at radius 1 is 1.30 bits per heavy atom. The summed E-state index contributed by atoms with van der Waals surface area (Å²) in [7, 11) is 3.50. The Balaban J connectivity index is 2.67. The lowest BCUT2D eigenvalue weighted by Gasteiger charge is -2.22. The van der Waals surface area contributed by atoms with Crippen LogP contribution in [0.15, 0.2) is 12.4 Å². The fourth-order valence-corrected chi connectivity index (χ4v) is 1.55. The molecular formula is C14H25N5O. The number of likely N-dealkylation sites (N-methyl/N-ethyl adjacent to an activating group) is 2. The molecule has 6 nitrogen and oxygen atoms in total. The van der Waals surface area contributed by atoms with Crippen molar-refractivity contribution in [3.05, 3.63) is 18.0 Å². The highest BCUT2D eigenvalue weighted by Crippen LogP contribution is 2.07. The third kappa shape index (κ3) is 5.13. The number of anilines is 1. The van der Waals surface area contributed by atoms with Crippen molar-refractivity contribution in [2.45, 2.75) is 33.4 Å². The van der Waals surface area contributed by atoms with E-state index in [2.05, 4.69) is 29.1 Å². The van der Waals surface area contributed by atoms with Crippen LogP contribution in [0.4, 0.5) is 5.95 Å². The molecule has 0 unspecified atom stereocenters. The van der Waals surface area contributed by atoms with Crippen molar-refractivity contribution >= 4 is 11.9 Å². The van der Waals surface area contributed by atoms with E-state index >= 15 is 0 Å². The SMILES string of the molecule is CCN(CC(=O)N(C)C)c1ncc(CNC(C)C)cn1.